The van der Waals surface area contributed by atoms with Crippen LogP contribution in [-0.2, 0) is 22.6 Å². The number of pyridine rings is 1. The van der Waals surface area contributed by atoms with Crippen LogP contribution in [0.2, 0.25) is 0 Å². The fourth-order valence-electron chi connectivity index (χ4n) is 4.26. The van der Waals surface area contributed by atoms with Gasteiger partial charge in [-0.1, -0.05) is 13.0 Å². The third kappa shape index (κ3) is 4.26. The van der Waals surface area contributed by atoms with Crippen LogP contribution in [-0.4, -0.2) is 46.6 Å². The number of anilines is 1. The second-order valence-electron chi connectivity index (χ2n) is 7.98. The third-order valence-corrected chi connectivity index (χ3v) is 8.39. The summed E-state index contributed by atoms with van der Waals surface area (Å²) < 4.78 is 2.26. The number of hydrogen-bond donors (Lipinski definition) is 1. The number of imidazole rings is 1. The standard InChI is InChI=1S/C23H29IN5O2/c1-3-4-11-18-27-20-21(15-9-5-6-10-17(15)26-22(20)25)28(18)12-7-8-13-29-19(30)14-16(24-2)23(29)31/h5-6,9-10,16H,3-4,7-8,11-14H2,1-2H3,(H2,25,26)/q-1. The molecule has 1 fully saturated rings. The maximum atomic E-state index is 12.4. The summed E-state index contributed by atoms with van der Waals surface area (Å²) in [4.78, 5) is 37.6. The number of aryl methyl sites for hydroxylation is 2. The van der Waals surface area contributed by atoms with Crippen molar-refractivity contribution in [2.45, 2.75) is 55.9 Å². The van der Waals surface area contributed by atoms with E-state index < -0.39 is 0 Å². The zero-order valence-electron chi connectivity index (χ0n) is 18.1. The molecule has 7 nitrogen and oxygen atoms in total. The molecule has 1 atom stereocenters. The molecule has 1 aliphatic rings. The van der Waals surface area contributed by atoms with Gasteiger partial charge in [0.1, 0.15) is 0 Å². The maximum absolute atomic E-state index is 12.4. The molecular formula is C23H29IN5O2-. The summed E-state index contributed by atoms with van der Waals surface area (Å²) in [5.74, 6) is 1.54. The SMILES string of the molecule is CCCCc1nc2c(N)nc3ccccc3c2n1CCCCN1C(=O)CC([I-]C)C1=O. The number of fused-ring (bicyclic) bond motifs is 3. The van der Waals surface area contributed by atoms with Gasteiger partial charge in [0.05, 0.1) is 0 Å². The van der Waals surface area contributed by atoms with Gasteiger partial charge in [-0.3, -0.25) is 0 Å². The number of hydrogen-bond acceptors (Lipinski definition) is 5. The number of aromatic nitrogens is 3. The van der Waals surface area contributed by atoms with Crippen molar-refractivity contribution in [3.63, 3.8) is 0 Å². The molecule has 0 radical (unpaired) electrons. The Morgan fingerprint density at radius 1 is 1.13 bits per heavy atom. The molecule has 0 aliphatic carbocycles. The number of rotatable bonds is 9. The Bertz CT molecular complexity index is 1130. The number of likely N-dealkylation sites (tertiary alicyclic amines) is 1. The van der Waals surface area contributed by atoms with Crippen molar-refractivity contribution in [3.05, 3.63) is 30.1 Å². The normalized spacial score (nSPS) is 17.0. The van der Waals surface area contributed by atoms with Gasteiger partial charge in [-0.25, -0.2) is 0 Å². The summed E-state index contributed by atoms with van der Waals surface area (Å²) in [5.41, 5.74) is 8.94. The third-order valence-electron chi connectivity index (χ3n) is 5.91. The molecule has 3 heterocycles. The molecular weight excluding hydrogens is 505 g/mol. The molecule has 1 unspecified atom stereocenters. The van der Waals surface area contributed by atoms with Crippen molar-refractivity contribution in [1.82, 2.24) is 19.4 Å². The van der Waals surface area contributed by atoms with Gasteiger partial charge in [-0.2, -0.15) is 0 Å². The van der Waals surface area contributed by atoms with Crippen LogP contribution in [0.25, 0.3) is 21.9 Å². The van der Waals surface area contributed by atoms with Crippen molar-refractivity contribution in [3.8, 4) is 0 Å². The average molecular weight is 534 g/mol. The van der Waals surface area contributed by atoms with Crippen LogP contribution in [0.5, 0.6) is 0 Å². The van der Waals surface area contributed by atoms with E-state index in [0.29, 0.717) is 18.8 Å². The number of unbranched alkanes of at least 4 members (excludes halogenated alkanes) is 2. The van der Waals surface area contributed by atoms with Crippen LogP contribution in [0, 0.1) is 0 Å². The van der Waals surface area contributed by atoms with Crippen LogP contribution in [0.3, 0.4) is 0 Å². The fraction of sp³-hybridized carbons (Fsp3) is 0.478. The average Bonchev–Trinajstić information content (AvgIpc) is 3.27. The van der Waals surface area contributed by atoms with E-state index in [4.69, 9.17) is 10.7 Å². The molecule has 0 saturated carbocycles. The first kappa shape index (κ1) is 22.0. The van der Waals surface area contributed by atoms with Gasteiger partial charge in [0.25, 0.3) is 0 Å². The van der Waals surface area contributed by atoms with Gasteiger partial charge in [-0.15, -0.1) is 0 Å². The number of alkyl halides is 2. The quantitative estimate of drug-likeness (QED) is 0.183. The topological polar surface area (TPSA) is 94.1 Å². The molecule has 1 aromatic carbocycles. The Kier molecular flexibility index (Phi) is 6.74. The van der Waals surface area contributed by atoms with Crippen molar-refractivity contribution in [1.29, 1.82) is 0 Å². The van der Waals surface area contributed by atoms with Gasteiger partial charge < -0.3 is 0 Å². The number of halogens is 1. The Balaban J connectivity index is 1.57. The minimum atomic E-state index is -0.234. The van der Waals surface area contributed by atoms with Crippen LogP contribution >= 0.6 is 0 Å². The number of amides is 2. The second-order valence-corrected chi connectivity index (χ2v) is 10.7. The van der Waals surface area contributed by atoms with E-state index in [9.17, 15) is 9.59 Å². The number of benzene rings is 1. The summed E-state index contributed by atoms with van der Waals surface area (Å²) in [6.07, 6.45) is 5.12. The molecule has 1 saturated heterocycles. The fourth-order valence-corrected chi connectivity index (χ4v) is 5.95. The van der Waals surface area contributed by atoms with E-state index in [1.165, 1.54) is 4.90 Å². The Hall–Kier alpha value is -2.23. The summed E-state index contributed by atoms with van der Waals surface area (Å²) in [5, 5.41) is 1.06. The van der Waals surface area contributed by atoms with Gasteiger partial charge in [-0.05, 0) is 0 Å². The van der Waals surface area contributed by atoms with Crippen molar-refractivity contribution in [2.24, 2.45) is 0 Å². The number of carbonyl (C=O) groups is 2. The van der Waals surface area contributed by atoms with Crippen LogP contribution < -0.4 is 26.9 Å². The molecule has 4 rings (SSSR count). The number of nitrogens with zero attached hydrogens (tertiary/aromatic N) is 4. The van der Waals surface area contributed by atoms with Gasteiger partial charge >= 0.3 is 180 Å². The van der Waals surface area contributed by atoms with Gasteiger partial charge in [0, 0.05) is 0 Å². The minimum absolute atomic E-state index is 0.00175. The Labute approximate surface area is 192 Å². The number of para-hydroxylation sites is 1. The zero-order chi connectivity index (χ0) is 22.0. The van der Waals surface area contributed by atoms with E-state index in [1.54, 1.807) is 0 Å². The molecule has 1 aliphatic heterocycles. The van der Waals surface area contributed by atoms with Gasteiger partial charge in [0.15, 0.2) is 0 Å². The molecule has 0 bridgehead atoms. The predicted octanol–water partition coefficient (Wildman–Crippen LogP) is 0.136. The first-order valence-corrected chi connectivity index (χ1v) is 14.3. The number of carbonyl (C=O) groups excluding carboxylic acids is 2. The molecule has 166 valence electrons. The Morgan fingerprint density at radius 2 is 1.90 bits per heavy atom. The van der Waals surface area contributed by atoms with E-state index in [-0.39, 0.29) is 36.9 Å². The van der Waals surface area contributed by atoms with E-state index in [0.717, 1.165) is 66.4 Å². The molecule has 31 heavy (non-hydrogen) atoms. The Morgan fingerprint density at radius 3 is 2.65 bits per heavy atom. The molecule has 2 amide bonds. The van der Waals surface area contributed by atoms with E-state index >= 15 is 0 Å². The van der Waals surface area contributed by atoms with E-state index in [2.05, 4.69) is 27.5 Å². The summed E-state index contributed by atoms with van der Waals surface area (Å²) in [7, 11) is 0. The van der Waals surface area contributed by atoms with Crippen molar-refractivity contribution in [2.75, 3.05) is 17.2 Å². The van der Waals surface area contributed by atoms with Crippen LogP contribution in [0.1, 0.15) is 44.9 Å². The number of nitrogen functional groups attached to an aromatic ring is 1. The molecule has 2 aromatic heterocycles. The number of nitrogens with two attached hydrogens (primary N) is 1. The van der Waals surface area contributed by atoms with Crippen LogP contribution in [0.4, 0.5) is 5.82 Å². The van der Waals surface area contributed by atoms with Gasteiger partial charge in [0.2, 0.25) is 0 Å². The van der Waals surface area contributed by atoms with E-state index in [1.807, 2.05) is 18.2 Å². The summed E-state index contributed by atoms with van der Waals surface area (Å²) >= 11 is -0.234. The predicted molar refractivity (Wildman–Crippen MR) is 118 cm³/mol. The zero-order valence-corrected chi connectivity index (χ0v) is 20.3. The van der Waals surface area contributed by atoms with Crippen molar-refractivity contribution >= 4 is 39.6 Å². The molecule has 2 N–H and O–H groups in total. The first-order chi connectivity index (χ1) is 15.0. The van der Waals surface area contributed by atoms with Crippen molar-refractivity contribution < 1.29 is 30.8 Å². The number of imide groups is 1. The molecule has 3 aromatic rings. The first-order valence-electron chi connectivity index (χ1n) is 10.9. The monoisotopic (exact) mass is 534 g/mol. The molecule has 0 spiro atoms. The van der Waals surface area contributed by atoms with Crippen LogP contribution in [0.15, 0.2) is 24.3 Å². The second kappa shape index (κ2) is 9.50. The summed E-state index contributed by atoms with van der Waals surface area (Å²) in [6.45, 7) is 3.47. The summed E-state index contributed by atoms with van der Waals surface area (Å²) in [6, 6.07) is 8.03. The molecule has 8 heteroatoms.